The first-order valence-corrected chi connectivity index (χ1v) is 11.9. The van der Waals surface area contributed by atoms with Gasteiger partial charge in [0, 0.05) is 40.4 Å². The molecule has 150 valence electrons. The molecular formula is C22H22ClN3OS2. The number of halogens is 1. The van der Waals surface area contributed by atoms with Crippen molar-refractivity contribution in [1.82, 2.24) is 4.98 Å². The van der Waals surface area contributed by atoms with E-state index in [1.54, 1.807) is 11.3 Å². The maximum absolute atomic E-state index is 12.3. The zero-order chi connectivity index (χ0) is 20.1. The highest BCUT2D eigenvalue weighted by molar-refractivity contribution is 8.01. The molecule has 0 bridgehead atoms. The van der Waals surface area contributed by atoms with Crippen LogP contribution in [0.25, 0.3) is 11.3 Å². The molecule has 1 amide bonds. The molecule has 0 radical (unpaired) electrons. The molecule has 3 aromatic rings. The highest BCUT2D eigenvalue weighted by Crippen LogP contribution is 2.29. The highest BCUT2D eigenvalue weighted by atomic mass is 35.5. The van der Waals surface area contributed by atoms with Crippen LogP contribution in [0.4, 0.5) is 11.4 Å². The van der Waals surface area contributed by atoms with Crippen molar-refractivity contribution in [2.75, 3.05) is 29.1 Å². The molecule has 2 aromatic carbocycles. The second-order valence-electron chi connectivity index (χ2n) is 6.94. The summed E-state index contributed by atoms with van der Waals surface area (Å²) in [5.74, 6) is 0.311. The minimum absolute atomic E-state index is 0.0241. The predicted octanol–water partition coefficient (Wildman–Crippen LogP) is 6.18. The van der Waals surface area contributed by atoms with Gasteiger partial charge in [-0.2, -0.15) is 0 Å². The lowest BCUT2D eigenvalue weighted by atomic mass is 10.1. The Labute approximate surface area is 184 Å². The summed E-state index contributed by atoms with van der Waals surface area (Å²) in [7, 11) is 0. The maximum atomic E-state index is 12.3. The molecule has 7 heteroatoms. The molecule has 0 atom stereocenters. The molecule has 1 N–H and O–H groups in total. The van der Waals surface area contributed by atoms with Gasteiger partial charge in [-0.25, -0.2) is 4.98 Å². The van der Waals surface area contributed by atoms with Crippen molar-refractivity contribution in [3.8, 4) is 11.3 Å². The van der Waals surface area contributed by atoms with E-state index in [9.17, 15) is 4.79 Å². The zero-order valence-corrected chi connectivity index (χ0v) is 18.3. The number of hydrogen-bond donors (Lipinski definition) is 1. The van der Waals surface area contributed by atoms with Gasteiger partial charge in [0.2, 0.25) is 5.91 Å². The molecule has 0 unspecified atom stereocenters. The Bertz CT molecular complexity index is 951. The van der Waals surface area contributed by atoms with Crippen LogP contribution in [0.15, 0.2) is 58.3 Å². The van der Waals surface area contributed by atoms with E-state index in [2.05, 4.69) is 27.3 Å². The van der Waals surface area contributed by atoms with Crippen molar-refractivity contribution in [1.29, 1.82) is 0 Å². The zero-order valence-electron chi connectivity index (χ0n) is 15.9. The largest absolute Gasteiger partial charge is 0.372 e. The lowest BCUT2D eigenvalue weighted by Gasteiger charge is -2.28. The van der Waals surface area contributed by atoms with Gasteiger partial charge < -0.3 is 10.2 Å². The van der Waals surface area contributed by atoms with Crippen LogP contribution < -0.4 is 10.2 Å². The minimum Gasteiger partial charge on any atom is -0.372 e. The average Bonchev–Trinajstić information content (AvgIpc) is 3.23. The first-order chi connectivity index (χ1) is 14.2. The Morgan fingerprint density at radius 2 is 1.79 bits per heavy atom. The molecule has 4 rings (SSSR count). The topological polar surface area (TPSA) is 45.2 Å². The molecule has 1 aliphatic rings. The van der Waals surface area contributed by atoms with Crippen LogP contribution in [0.3, 0.4) is 0 Å². The summed E-state index contributed by atoms with van der Waals surface area (Å²) < 4.78 is 0.880. The standard InChI is InChI=1S/C22H22ClN3OS2/c23-17-6-4-16(5-7-17)20-14-28-22(25-20)29-15-21(27)24-18-8-10-19(11-9-18)26-12-2-1-3-13-26/h4-11,14H,1-3,12-13,15H2,(H,24,27). The molecule has 1 aromatic heterocycles. The third kappa shape index (κ3) is 5.53. The van der Waals surface area contributed by atoms with Gasteiger partial charge in [-0.05, 0) is 55.7 Å². The first-order valence-electron chi connectivity index (χ1n) is 9.66. The summed E-state index contributed by atoms with van der Waals surface area (Å²) in [4.78, 5) is 19.3. The second-order valence-corrected chi connectivity index (χ2v) is 9.45. The fourth-order valence-corrected chi connectivity index (χ4v) is 5.07. The third-order valence-corrected chi connectivity index (χ3v) is 7.10. The van der Waals surface area contributed by atoms with Crippen LogP contribution >= 0.6 is 34.7 Å². The van der Waals surface area contributed by atoms with Gasteiger partial charge in [0.05, 0.1) is 11.4 Å². The Morgan fingerprint density at radius 3 is 2.52 bits per heavy atom. The fourth-order valence-electron chi connectivity index (χ4n) is 3.31. The van der Waals surface area contributed by atoms with Gasteiger partial charge in [0.1, 0.15) is 0 Å². The van der Waals surface area contributed by atoms with E-state index >= 15 is 0 Å². The number of piperidine rings is 1. The summed E-state index contributed by atoms with van der Waals surface area (Å²) in [5.41, 5.74) is 3.99. The van der Waals surface area contributed by atoms with Crippen molar-refractivity contribution in [2.45, 2.75) is 23.6 Å². The predicted molar refractivity (Wildman–Crippen MR) is 124 cm³/mol. The summed E-state index contributed by atoms with van der Waals surface area (Å²) in [6.45, 7) is 2.24. The van der Waals surface area contributed by atoms with Crippen LogP contribution in [0, 0.1) is 0 Å². The Kier molecular flexibility index (Phi) is 6.74. The Morgan fingerprint density at radius 1 is 1.07 bits per heavy atom. The van der Waals surface area contributed by atoms with Gasteiger partial charge in [0.25, 0.3) is 0 Å². The number of thiazole rings is 1. The van der Waals surface area contributed by atoms with Crippen LogP contribution in [-0.2, 0) is 4.79 Å². The lowest BCUT2D eigenvalue weighted by molar-refractivity contribution is -0.113. The third-order valence-electron chi connectivity index (χ3n) is 4.82. The van der Waals surface area contributed by atoms with Crippen LogP contribution in [0.5, 0.6) is 0 Å². The van der Waals surface area contributed by atoms with Crippen LogP contribution in [-0.4, -0.2) is 29.7 Å². The summed E-state index contributed by atoms with van der Waals surface area (Å²) in [6, 6.07) is 15.8. The summed E-state index contributed by atoms with van der Waals surface area (Å²) >= 11 is 8.94. The van der Waals surface area contributed by atoms with E-state index in [-0.39, 0.29) is 5.91 Å². The molecule has 0 saturated carbocycles. The summed E-state index contributed by atoms with van der Waals surface area (Å²) in [6.07, 6.45) is 3.83. The maximum Gasteiger partial charge on any atom is 0.234 e. The first kappa shape index (κ1) is 20.3. The highest BCUT2D eigenvalue weighted by Gasteiger charge is 2.12. The molecule has 4 nitrogen and oxygen atoms in total. The second kappa shape index (κ2) is 9.65. The number of carbonyl (C=O) groups is 1. The lowest BCUT2D eigenvalue weighted by Crippen LogP contribution is -2.29. The number of amides is 1. The van der Waals surface area contributed by atoms with Crippen molar-refractivity contribution < 1.29 is 4.79 Å². The monoisotopic (exact) mass is 443 g/mol. The number of carbonyl (C=O) groups excluding carboxylic acids is 1. The molecule has 0 aliphatic carbocycles. The number of aromatic nitrogens is 1. The van der Waals surface area contributed by atoms with E-state index in [1.165, 1.54) is 36.7 Å². The van der Waals surface area contributed by atoms with Crippen molar-refractivity contribution >= 4 is 52.0 Å². The molecule has 2 heterocycles. The molecule has 1 saturated heterocycles. The Hall–Kier alpha value is -2.02. The van der Waals surface area contributed by atoms with E-state index in [4.69, 9.17) is 11.6 Å². The molecule has 1 fully saturated rings. The van der Waals surface area contributed by atoms with Crippen molar-refractivity contribution in [3.63, 3.8) is 0 Å². The van der Waals surface area contributed by atoms with E-state index in [0.29, 0.717) is 10.8 Å². The average molecular weight is 444 g/mol. The molecule has 0 spiro atoms. The van der Waals surface area contributed by atoms with Gasteiger partial charge in [0.15, 0.2) is 4.34 Å². The quantitative estimate of drug-likeness (QED) is 0.461. The van der Waals surface area contributed by atoms with Gasteiger partial charge in [-0.15, -0.1) is 11.3 Å². The van der Waals surface area contributed by atoms with Gasteiger partial charge in [-0.1, -0.05) is 35.5 Å². The number of rotatable bonds is 6. The molecule has 1 aliphatic heterocycles. The minimum atomic E-state index is -0.0241. The number of benzene rings is 2. The van der Waals surface area contributed by atoms with Crippen molar-refractivity contribution in [3.05, 3.63) is 58.9 Å². The van der Waals surface area contributed by atoms with Crippen LogP contribution in [0.2, 0.25) is 5.02 Å². The van der Waals surface area contributed by atoms with E-state index < -0.39 is 0 Å². The van der Waals surface area contributed by atoms with Crippen molar-refractivity contribution in [2.24, 2.45) is 0 Å². The number of hydrogen-bond acceptors (Lipinski definition) is 5. The normalized spacial score (nSPS) is 14.0. The van der Waals surface area contributed by atoms with Gasteiger partial charge >= 0.3 is 0 Å². The Balaban J connectivity index is 1.28. The smallest absolute Gasteiger partial charge is 0.234 e. The number of nitrogens with one attached hydrogen (secondary N) is 1. The molecule has 29 heavy (non-hydrogen) atoms. The summed E-state index contributed by atoms with van der Waals surface area (Å²) in [5, 5.41) is 5.68. The van der Waals surface area contributed by atoms with E-state index in [1.807, 2.05) is 41.8 Å². The van der Waals surface area contributed by atoms with E-state index in [0.717, 1.165) is 34.4 Å². The van der Waals surface area contributed by atoms with Gasteiger partial charge in [-0.3, -0.25) is 4.79 Å². The fraction of sp³-hybridized carbons (Fsp3) is 0.273. The number of thioether (sulfide) groups is 1. The number of anilines is 2. The van der Waals surface area contributed by atoms with Crippen LogP contribution in [0.1, 0.15) is 19.3 Å². The number of nitrogens with zero attached hydrogens (tertiary/aromatic N) is 2. The SMILES string of the molecule is O=C(CSc1nc(-c2ccc(Cl)cc2)cs1)Nc1ccc(N2CCCCC2)cc1. The molecular weight excluding hydrogens is 422 g/mol.